The number of thiazole rings is 1. The fourth-order valence-corrected chi connectivity index (χ4v) is 5.62. The number of nitrogens with zero attached hydrogens (tertiary/aromatic N) is 2. The fraction of sp³-hybridized carbons (Fsp3) is 0.167. The molecule has 1 heterocycles. The van der Waals surface area contributed by atoms with E-state index in [0.717, 1.165) is 10.2 Å². The molecule has 3 aromatic carbocycles. The standard InChI is InChI=1S/C24H22ClN3O5S2/c1-32-13-12-28-21-11-8-19(33-2)15-22(21)34-24(28)26-23(29)16-4-3-5-18(14-16)27-35(30,31)20-9-6-17(25)7-10-20/h3-11,14-15,27H,12-13H2,1-2H3. The van der Waals surface area contributed by atoms with Crippen molar-refractivity contribution >= 4 is 54.8 Å². The van der Waals surface area contributed by atoms with Crippen molar-refractivity contribution in [2.75, 3.05) is 25.5 Å². The number of sulfonamides is 1. The molecule has 8 nitrogen and oxygen atoms in total. The average Bonchev–Trinajstić information content (AvgIpc) is 3.18. The first-order valence-electron chi connectivity index (χ1n) is 10.4. The van der Waals surface area contributed by atoms with E-state index in [0.29, 0.717) is 28.7 Å². The molecule has 4 aromatic rings. The van der Waals surface area contributed by atoms with Crippen molar-refractivity contribution in [2.45, 2.75) is 11.4 Å². The van der Waals surface area contributed by atoms with Crippen LogP contribution >= 0.6 is 22.9 Å². The Balaban J connectivity index is 1.67. The van der Waals surface area contributed by atoms with E-state index in [-0.39, 0.29) is 16.1 Å². The molecule has 1 amide bonds. The summed E-state index contributed by atoms with van der Waals surface area (Å²) in [6, 6.07) is 17.6. The molecule has 0 aliphatic heterocycles. The Morgan fingerprint density at radius 3 is 2.57 bits per heavy atom. The predicted molar refractivity (Wildman–Crippen MR) is 137 cm³/mol. The summed E-state index contributed by atoms with van der Waals surface area (Å²) < 4.78 is 41.2. The molecule has 0 atom stereocenters. The first-order valence-corrected chi connectivity index (χ1v) is 13.1. The largest absolute Gasteiger partial charge is 0.497 e. The predicted octanol–water partition coefficient (Wildman–Crippen LogP) is 4.55. The number of methoxy groups -OCH3 is 2. The second-order valence-electron chi connectivity index (χ2n) is 7.42. The number of anilines is 1. The zero-order valence-electron chi connectivity index (χ0n) is 18.9. The molecule has 0 aliphatic rings. The van der Waals surface area contributed by atoms with Crippen molar-refractivity contribution in [3.05, 3.63) is 82.1 Å². The van der Waals surface area contributed by atoms with Gasteiger partial charge in [-0.05, 0) is 60.7 Å². The van der Waals surface area contributed by atoms with Gasteiger partial charge in [-0.25, -0.2) is 8.42 Å². The zero-order chi connectivity index (χ0) is 25.0. The second-order valence-corrected chi connectivity index (χ2v) is 10.5. The van der Waals surface area contributed by atoms with Crippen molar-refractivity contribution < 1.29 is 22.7 Å². The summed E-state index contributed by atoms with van der Waals surface area (Å²) >= 11 is 7.20. The molecule has 4 rings (SSSR count). The van der Waals surface area contributed by atoms with Gasteiger partial charge >= 0.3 is 0 Å². The van der Waals surface area contributed by atoms with Crippen molar-refractivity contribution in [2.24, 2.45) is 4.99 Å². The molecular weight excluding hydrogens is 510 g/mol. The number of carbonyl (C=O) groups excluding carboxylic acids is 1. The number of benzene rings is 3. The third-order valence-electron chi connectivity index (χ3n) is 5.09. The summed E-state index contributed by atoms with van der Waals surface area (Å²) in [5, 5.41) is 0.431. The Bertz CT molecular complexity index is 1540. The van der Waals surface area contributed by atoms with Gasteiger partial charge in [-0.1, -0.05) is 29.0 Å². The summed E-state index contributed by atoms with van der Waals surface area (Å²) in [6.07, 6.45) is 0. The van der Waals surface area contributed by atoms with Crippen LogP contribution in [0.25, 0.3) is 10.2 Å². The van der Waals surface area contributed by atoms with Gasteiger partial charge < -0.3 is 14.0 Å². The third-order valence-corrected chi connectivity index (χ3v) is 7.78. The number of carbonyl (C=O) groups is 1. The van der Waals surface area contributed by atoms with E-state index in [9.17, 15) is 13.2 Å². The first kappa shape index (κ1) is 24.9. The number of nitrogens with one attached hydrogen (secondary N) is 1. The lowest BCUT2D eigenvalue weighted by molar-refractivity contribution is 0.0997. The number of ether oxygens (including phenoxy) is 2. The number of halogens is 1. The molecule has 35 heavy (non-hydrogen) atoms. The number of fused-ring (bicyclic) bond motifs is 1. The minimum atomic E-state index is -3.85. The van der Waals surface area contributed by atoms with E-state index in [1.807, 2.05) is 22.8 Å². The van der Waals surface area contributed by atoms with Crippen molar-refractivity contribution in [3.8, 4) is 5.75 Å². The molecule has 0 fully saturated rings. The average molecular weight is 532 g/mol. The lowest BCUT2D eigenvalue weighted by Gasteiger charge is -2.09. The molecule has 0 aliphatic carbocycles. The maximum Gasteiger partial charge on any atom is 0.279 e. The highest BCUT2D eigenvalue weighted by molar-refractivity contribution is 7.92. The number of hydrogen-bond acceptors (Lipinski definition) is 6. The van der Waals surface area contributed by atoms with Crippen LogP contribution in [0.15, 0.2) is 76.6 Å². The summed E-state index contributed by atoms with van der Waals surface area (Å²) in [6.45, 7) is 0.955. The van der Waals surface area contributed by atoms with Crippen LogP contribution in [-0.4, -0.2) is 39.7 Å². The van der Waals surface area contributed by atoms with Gasteiger partial charge in [0.15, 0.2) is 4.80 Å². The van der Waals surface area contributed by atoms with Gasteiger partial charge in [-0.2, -0.15) is 4.99 Å². The van der Waals surface area contributed by atoms with Crippen molar-refractivity contribution in [1.29, 1.82) is 0 Å². The van der Waals surface area contributed by atoms with Crippen LogP contribution in [0.3, 0.4) is 0 Å². The van der Waals surface area contributed by atoms with Crippen LogP contribution in [0.4, 0.5) is 5.69 Å². The van der Waals surface area contributed by atoms with Gasteiger partial charge in [0.2, 0.25) is 0 Å². The zero-order valence-corrected chi connectivity index (χ0v) is 21.3. The van der Waals surface area contributed by atoms with Crippen molar-refractivity contribution in [1.82, 2.24) is 4.57 Å². The molecule has 1 aromatic heterocycles. The molecule has 0 saturated heterocycles. The van der Waals surface area contributed by atoms with Gasteiger partial charge in [0.05, 0.1) is 28.8 Å². The Kier molecular flexibility index (Phi) is 7.56. The van der Waals surface area contributed by atoms with E-state index < -0.39 is 15.9 Å². The van der Waals surface area contributed by atoms with E-state index in [1.165, 1.54) is 41.7 Å². The first-order chi connectivity index (χ1) is 16.8. The number of hydrogen-bond donors (Lipinski definition) is 1. The number of aromatic nitrogens is 1. The maximum absolute atomic E-state index is 13.0. The second kappa shape index (κ2) is 10.6. The number of amides is 1. The maximum atomic E-state index is 13.0. The normalized spacial score (nSPS) is 12.1. The molecule has 1 N–H and O–H groups in total. The molecule has 0 spiro atoms. The van der Waals surface area contributed by atoms with Gasteiger partial charge in [0.25, 0.3) is 15.9 Å². The highest BCUT2D eigenvalue weighted by Crippen LogP contribution is 2.24. The molecule has 0 bridgehead atoms. The molecule has 0 radical (unpaired) electrons. The molecule has 11 heteroatoms. The van der Waals surface area contributed by atoms with Crippen LogP contribution in [0.5, 0.6) is 5.75 Å². The summed E-state index contributed by atoms with van der Waals surface area (Å²) in [4.78, 5) is 17.9. The van der Waals surface area contributed by atoms with Gasteiger partial charge in [0, 0.05) is 29.9 Å². The van der Waals surface area contributed by atoms with Crippen molar-refractivity contribution in [3.63, 3.8) is 0 Å². The van der Waals surface area contributed by atoms with E-state index in [2.05, 4.69) is 9.71 Å². The van der Waals surface area contributed by atoms with Crippen LogP contribution in [0.1, 0.15) is 10.4 Å². The summed E-state index contributed by atoms with van der Waals surface area (Å²) in [5.41, 5.74) is 1.40. The minimum Gasteiger partial charge on any atom is -0.497 e. The van der Waals surface area contributed by atoms with Gasteiger partial charge in [-0.15, -0.1) is 0 Å². The van der Waals surface area contributed by atoms with E-state index in [1.54, 1.807) is 32.4 Å². The quantitative estimate of drug-likeness (QED) is 0.359. The Morgan fingerprint density at radius 2 is 1.86 bits per heavy atom. The van der Waals surface area contributed by atoms with E-state index >= 15 is 0 Å². The highest BCUT2D eigenvalue weighted by Gasteiger charge is 2.16. The van der Waals surface area contributed by atoms with Crippen LogP contribution in [0, 0.1) is 0 Å². The Morgan fingerprint density at radius 1 is 1.09 bits per heavy atom. The summed E-state index contributed by atoms with van der Waals surface area (Å²) in [5.74, 6) is 0.207. The van der Waals surface area contributed by atoms with Gasteiger partial charge in [-0.3, -0.25) is 9.52 Å². The molecule has 0 saturated carbocycles. The van der Waals surface area contributed by atoms with Crippen LogP contribution < -0.4 is 14.3 Å². The fourth-order valence-electron chi connectivity index (χ4n) is 3.36. The van der Waals surface area contributed by atoms with Crippen LogP contribution in [-0.2, 0) is 21.3 Å². The third kappa shape index (κ3) is 5.73. The Hall–Kier alpha value is -3.18. The van der Waals surface area contributed by atoms with Crippen LogP contribution in [0.2, 0.25) is 5.02 Å². The highest BCUT2D eigenvalue weighted by atomic mass is 35.5. The van der Waals surface area contributed by atoms with E-state index in [4.69, 9.17) is 21.1 Å². The molecule has 182 valence electrons. The number of rotatable bonds is 8. The smallest absolute Gasteiger partial charge is 0.279 e. The molecule has 0 unspecified atom stereocenters. The lowest BCUT2D eigenvalue weighted by Crippen LogP contribution is -2.19. The Labute approximate surface area is 211 Å². The SMILES string of the molecule is COCCn1c(=NC(=O)c2cccc(NS(=O)(=O)c3ccc(Cl)cc3)c2)sc2cc(OC)ccc21. The monoisotopic (exact) mass is 531 g/mol. The minimum absolute atomic E-state index is 0.0585. The summed E-state index contributed by atoms with van der Waals surface area (Å²) in [7, 11) is -0.649. The lowest BCUT2D eigenvalue weighted by atomic mass is 10.2. The molecular formula is C24H22ClN3O5S2. The topological polar surface area (TPSA) is 99.0 Å². The van der Waals surface area contributed by atoms with Gasteiger partial charge in [0.1, 0.15) is 5.75 Å².